The minimum Gasteiger partial charge on any atom is -0.494 e. The van der Waals surface area contributed by atoms with Crippen molar-refractivity contribution >= 4 is 11.7 Å². The first kappa shape index (κ1) is 16.4. The van der Waals surface area contributed by atoms with Crippen LogP contribution in [0.25, 0.3) is 5.69 Å². The third-order valence-electron chi connectivity index (χ3n) is 3.47. The molecule has 2 amide bonds. The molecule has 0 saturated heterocycles. The molecule has 1 aromatic carbocycles. The smallest absolute Gasteiger partial charge is 0.319 e. The van der Waals surface area contributed by atoms with E-state index in [4.69, 9.17) is 4.74 Å². The van der Waals surface area contributed by atoms with Crippen LogP contribution >= 0.6 is 0 Å². The molecule has 0 saturated carbocycles. The molecular formula is C16H17N7O2. The zero-order valence-corrected chi connectivity index (χ0v) is 13.8. The van der Waals surface area contributed by atoms with Gasteiger partial charge in [-0.1, -0.05) is 6.07 Å². The maximum Gasteiger partial charge on any atom is 0.319 e. The second-order valence-electron chi connectivity index (χ2n) is 5.19. The Labute approximate surface area is 144 Å². The molecule has 3 aromatic rings. The Morgan fingerprint density at radius 1 is 1.32 bits per heavy atom. The van der Waals surface area contributed by atoms with E-state index in [1.807, 2.05) is 12.1 Å². The summed E-state index contributed by atoms with van der Waals surface area (Å²) in [6, 6.07) is 8.61. The summed E-state index contributed by atoms with van der Waals surface area (Å²) in [6.45, 7) is 2.16. The van der Waals surface area contributed by atoms with E-state index in [9.17, 15) is 4.79 Å². The van der Waals surface area contributed by atoms with Gasteiger partial charge >= 0.3 is 6.03 Å². The molecule has 3 rings (SSSR count). The molecule has 0 radical (unpaired) electrons. The van der Waals surface area contributed by atoms with Crippen molar-refractivity contribution in [1.82, 2.24) is 30.5 Å². The topological polar surface area (TPSA) is 107 Å². The number of urea groups is 1. The summed E-state index contributed by atoms with van der Waals surface area (Å²) < 4.78 is 6.88. The molecule has 2 heterocycles. The SMILES string of the molecule is COc1ccc(NC(=O)NCc2cccnc2)cc1-n1nnnc1C. The maximum atomic E-state index is 12.1. The Morgan fingerprint density at radius 3 is 2.88 bits per heavy atom. The number of carbonyl (C=O) groups is 1. The van der Waals surface area contributed by atoms with E-state index >= 15 is 0 Å². The highest BCUT2D eigenvalue weighted by Gasteiger charge is 2.12. The lowest BCUT2D eigenvalue weighted by molar-refractivity contribution is 0.251. The van der Waals surface area contributed by atoms with E-state index in [-0.39, 0.29) is 6.03 Å². The number of aromatic nitrogens is 5. The second kappa shape index (κ2) is 7.39. The summed E-state index contributed by atoms with van der Waals surface area (Å²) in [4.78, 5) is 16.1. The fourth-order valence-electron chi connectivity index (χ4n) is 2.25. The summed E-state index contributed by atoms with van der Waals surface area (Å²) in [5.74, 6) is 1.20. The molecule has 2 aromatic heterocycles. The number of rotatable bonds is 5. The summed E-state index contributed by atoms with van der Waals surface area (Å²) in [6.07, 6.45) is 3.38. The highest BCUT2D eigenvalue weighted by molar-refractivity contribution is 5.89. The van der Waals surface area contributed by atoms with E-state index < -0.39 is 0 Å². The second-order valence-corrected chi connectivity index (χ2v) is 5.19. The van der Waals surface area contributed by atoms with E-state index in [1.165, 1.54) is 4.68 Å². The van der Waals surface area contributed by atoms with E-state index in [0.717, 1.165) is 5.56 Å². The Bertz CT molecular complexity index is 864. The van der Waals surface area contributed by atoms with Gasteiger partial charge in [-0.25, -0.2) is 4.79 Å². The minimum absolute atomic E-state index is 0.326. The normalized spacial score (nSPS) is 10.3. The fraction of sp³-hybridized carbons (Fsp3) is 0.188. The zero-order valence-electron chi connectivity index (χ0n) is 13.8. The van der Waals surface area contributed by atoms with E-state index in [2.05, 4.69) is 31.1 Å². The molecule has 9 nitrogen and oxygen atoms in total. The average Bonchev–Trinajstić information content (AvgIpc) is 3.06. The minimum atomic E-state index is -0.326. The Morgan fingerprint density at radius 2 is 2.20 bits per heavy atom. The van der Waals surface area contributed by atoms with Gasteiger partial charge in [-0.2, -0.15) is 4.68 Å². The van der Waals surface area contributed by atoms with Crippen molar-refractivity contribution in [2.45, 2.75) is 13.5 Å². The Hall–Kier alpha value is -3.49. The van der Waals surface area contributed by atoms with Crippen molar-refractivity contribution in [3.05, 3.63) is 54.1 Å². The lowest BCUT2D eigenvalue weighted by Crippen LogP contribution is -2.28. The summed E-state index contributed by atoms with van der Waals surface area (Å²) in [5, 5.41) is 17.0. The first-order valence-corrected chi connectivity index (χ1v) is 7.54. The van der Waals surface area contributed by atoms with Crippen LogP contribution in [0.2, 0.25) is 0 Å². The third kappa shape index (κ3) is 3.89. The van der Waals surface area contributed by atoms with Crippen LogP contribution in [0, 0.1) is 6.92 Å². The summed E-state index contributed by atoms with van der Waals surface area (Å²) >= 11 is 0. The van der Waals surface area contributed by atoms with Gasteiger partial charge in [0.25, 0.3) is 0 Å². The summed E-state index contributed by atoms with van der Waals surface area (Å²) in [5.41, 5.74) is 2.14. The van der Waals surface area contributed by atoms with Crippen molar-refractivity contribution in [2.24, 2.45) is 0 Å². The molecule has 0 spiro atoms. The van der Waals surface area contributed by atoms with E-state index in [1.54, 1.807) is 44.6 Å². The van der Waals surface area contributed by atoms with Gasteiger partial charge in [-0.3, -0.25) is 4.98 Å². The molecular weight excluding hydrogens is 322 g/mol. The fourth-order valence-corrected chi connectivity index (χ4v) is 2.25. The number of ether oxygens (including phenoxy) is 1. The number of methoxy groups -OCH3 is 1. The lowest BCUT2D eigenvalue weighted by Gasteiger charge is -2.12. The number of hydrogen-bond donors (Lipinski definition) is 2. The number of hydrogen-bond acceptors (Lipinski definition) is 6. The van der Waals surface area contributed by atoms with Gasteiger partial charge in [0.15, 0.2) is 5.82 Å². The molecule has 0 bridgehead atoms. The molecule has 25 heavy (non-hydrogen) atoms. The number of pyridine rings is 1. The molecule has 0 aliphatic rings. The molecule has 0 aliphatic carbocycles. The number of nitrogens with zero attached hydrogens (tertiary/aromatic N) is 5. The number of tetrazole rings is 1. The van der Waals surface area contributed by atoms with Crippen molar-refractivity contribution in [3.8, 4) is 11.4 Å². The number of amides is 2. The van der Waals surface area contributed by atoms with Gasteiger partial charge in [0.2, 0.25) is 0 Å². The van der Waals surface area contributed by atoms with E-state index in [0.29, 0.717) is 29.5 Å². The number of nitrogens with one attached hydrogen (secondary N) is 2. The van der Waals surface area contributed by atoms with Gasteiger partial charge < -0.3 is 15.4 Å². The monoisotopic (exact) mass is 339 g/mol. The zero-order chi connectivity index (χ0) is 17.6. The van der Waals surface area contributed by atoms with Crippen LogP contribution in [0.15, 0.2) is 42.7 Å². The number of carbonyl (C=O) groups excluding carboxylic acids is 1. The number of benzene rings is 1. The van der Waals surface area contributed by atoms with Crippen LogP contribution in [0.3, 0.4) is 0 Å². The van der Waals surface area contributed by atoms with Crippen molar-refractivity contribution < 1.29 is 9.53 Å². The molecule has 128 valence electrons. The third-order valence-corrected chi connectivity index (χ3v) is 3.47. The van der Waals surface area contributed by atoms with Crippen LogP contribution in [0.1, 0.15) is 11.4 Å². The van der Waals surface area contributed by atoms with Crippen LogP contribution in [0.5, 0.6) is 5.75 Å². The van der Waals surface area contributed by atoms with Gasteiger partial charge in [0.05, 0.1) is 7.11 Å². The van der Waals surface area contributed by atoms with Crippen molar-refractivity contribution in [2.75, 3.05) is 12.4 Å². The molecule has 0 aliphatic heterocycles. The first-order chi connectivity index (χ1) is 12.2. The average molecular weight is 339 g/mol. The van der Waals surface area contributed by atoms with Crippen LogP contribution < -0.4 is 15.4 Å². The summed E-state index contributed by atoms with van der Waals surface area (Å²) in [7, 11) is 1.56. The van der Waals surface area contributed by atoms with Gasteiger partial charge in [0.1, 0.15) is 11.4 Å². The standard InChI is InChI=1S/C16H17N7O2/c1-11-20-21-22-23(11)14-8-13(5-6-15(14)25-2)19-16(24)18-10-12-4-3-7-17-9-12/h3-9H,10H2,1-2H3,(H2,18,19,24). The highest BCUT2D eigenvalue weighted by Crippen LogP contribution is 2.26. The predicted molar refractivity (Wildman–Crippen MR) is 90.5 cm³/mol. The molecule has 0 unspecified atom stereocenters. The Kier molecular flexibility index (Phi) is 4.84. The molecule has 0 atom stereocenters. The van der Waals surface area contributed by atoms with Crippen LogP contribution in [0.4, 0.5) is 10.5 Å². The number of aryl methyl sites for hydroxylation is 1. The highest BCUT2D eigenvalue weighted by atomic mass is 16.5. The molecule has 0 fully saturated rings. The van der Waals surface area contributed by atoms with Crippen LogP contribution in [-0.2, 0) is 6.54 Å². The molecule has 9 heteroatoms. The lowest BCUT2D eigenvalue weighted by atomic mass is 10.2. The quantitative estimate of drug-likeness (QED) is 0.732. The van der Waals surface area contributed by atoms with Crippen molar-refractivity contribution in [1.29, 1.82) is 0 Å². The largest absolute Gasteiger partial charge is 0.494 e. The first-order valence-electron chi connectivity index (χ1n) is 7.54. The van der Waals surface area contributed by atoms with Crippen LogP contribution in [-0.4, -0.2) is 38.3 Å². The van der Waals surface area contributed by atoms with Crippen molar-refractivity contribution in [3.63, 3.8) is 0 Å². The predicted octanol–water partition coefficient (Wildman–Crippen LogP) is 1.70. The maximum absolute atomic E-state index is 12.1. The number of anilines is 1. The van der Waals surface area contributed by atoms with Gasteiger partial charge in [-0.15, -0.1) is 5.10 Å². The van der Waals surface area contributed by atoms with Gasteiger partial charge in [-0.05, 0) is 47.2 Å². The van der Waals surface area contributed by atoms with Gasteiger partial charge in [0, 0.05) is 24.6 Å². The Balaban J connectivity index is 1.72. The molecule has 2 N–H and O–H groups in total.